The largest absolute Gasteiger partial charge is 0.348 e. The fraction of sp³-hybridized carbons (Fsp3) is 0.375. The van der Waals surface area contributed by atoms with Gasteiger partial charge in [-0.25, -0.2) is 4.98 Å². The van der Waals surface area contributed by atoms with E-state index in [0.717, 1.165) is 28.3 Å². The Hall–Kier alpha value is -1.68. The second kappa shape index (κ2) is 5.75. The van der Waals surface area contributed by atoms with Gasteiger partial charge in [0.2, 0.25) is 0 Å². The Morgan fingerprint density at radius 3 is 2.65 bits per heavy atom. The van der Waals surface area contributed by atoms with Crippen LogP contribution in [0.4, 0.5) is 0 Å². The maximum Gasteiger partial charge on any atom is 0.271 e. The average Bonchev–Trinajstić information content (AvgIpc) is 3.09. The van der Waals surface area contributed by atoms with E-state index >= 15 is 0 Å². The summed E-state index contributed by atoms with van der Waals surface area (Å²) in [6, 6.07) is 10.3. The van der Waals surface area contributed by atoms with E-state index < -0.39 is 0 Å². The molecule has 1 aliphatic rings. The smallest absolute Gasteiger partial charge is 0.271 e. The first-order valence-electron chi connectivity index (χ1n) is 7.08. The summed E-state index contributed by atoms with van der Waals surface area (Å²) in [6.45, 7) is 1.95. The molecule has 1 N–H and O–H groups in total. The fourth-order valence-corrected chi connectivity index (χ4v) is 3.61. The molecule has 0 aliphatic heterocycles. The third kappa shape index (κ3) is 2.75. The molecule has 0 bridgehead atoms. The summed E-state index contributed by atoms with van der Waals surface area (Å²) >= 11 is 1.58. The van der Waals surface area contributed by atoms with Crippen LogP contribution < -0.4 is 5.32 Å². The highest BCUT2D eigenvalue weighted by molar-refractivity contribution is 7.15. The minimum atomic E-state index is -0.0277. The van der Waals surface area contributed by atoms with Crippen LogP contribution >= 0.6 is 11.3 Å². The van der Waals surface area contributed by atoms with Gasteiger partial charge in [0.1, 0.15) is 5.69 Å². The standard InChI is InChI=1S/C16H18N2OS/c1-11-17-14(16(19)18-13-9-5-6-10-13)15(20-11)12-7-3-2-4-8-12/h2-4,7-8,13H,5-6,9-10H2,1H3,(H,18,19). The van der Waals surface area contributed by atoms with Crippen molar-refractivity contribution in [1.29, 1.82) is 0 Å². The van der Waals surface area contributed by atoms with Gasteiger partial charge in [-0.2, -0.15) is 0 Å². The van der Waals surface area contributed by atoms with Crippen LogP contribution in [0.1, 0.15) is 41.2 Å². The molecule has 3 rings (SSSR count). The number of benzene rings is 1. The Morgan fingerprint density at radius 1 is 1.25 bits per heavy atom. The number of hydrogen-bond acceptors (Lipinski definition) is 3. The number of nitrogens with one attached hydrogen (secondary N) is 1. The molecular formula is C16H18N2OS. The van der Waals surface area contributed by atoms with E-state index in [1.807, 2.05) is 37.3 Å². The van der Waals surface area contributed by atoms with Crippen LogP contribution in [0.2, 0.25) is 0 Å². The molecule has 1 aliphatic carbocycles. The third-order valence-electron chi connectivity index (χ3n) is 3.68. The molecule has 0 radical (unpaired) electrons. The zero-order valence-electron chi connectivity index (χ0n) is 11.6. The van der Waals surface area contributed by atoms with E-state index in [0.29, 0.717) is 11.7 Å². The van der Waals surface area contributed by atoms with Crippen LogP contribution in [-0.4, -0.2) is 16.9 Å². The van der Waals surface area contributed by atoms with Gasteiger partial charge in [-0.05, 0) is 25.3 Å². The topological polar surface area (TPSA) is 42.0 Å². The number of aromatic nitrogens is 1. The van der Waals surface area contributed by atoms with Crippen molar-refractivity contribution in [2.75, 3.05) is 0 Å². The lowest BCUT2D eigenvalue weighted by molar-refractivity contribution is 0.0934. The first-order valence-corrected chi connectivity index (χ1v) is 7.89. The molecule has 3 nitrogen and oxygen atoms in total. The normalized spacial score (nSPS) is 15.4. The van der Waals surface area contributed by atoms with Gasteiger partial charge in [-0.3, -0.25) is 4.79 Å². The molecule has 1 aromatic heterocycles. The summed E-state index contributed by atoms with van der Waals surface area (Å²) in [5.41, 5.74) is 1.64. The molecule has 1 heterocycles. The minimum Gasteiger partial charge on any atom is -0.348 e. The summed E-state index contributed by atoms with van der Waals surface area (Å²) < 4.78 is 0. The summed E-state index contributed by atoms with van der Waals surface area (Å²) in [5, 5.41) is 4.05. The van der Waals surface area contributed by atoms with Crippen LogP contribution in [-0.2, 0) is 0 Å². The maximum absolute atomic E-state index is 12.4. The second-order valence-corrected chi connectivity index (χ2v) is 6.43. The molecular weight excluding hydrogens is 268 g/mol. The number of amides is 1. The van der Waals surface area contributed by atoms with Crippen LogP contribution in [0, 0.1) is 6.92 Å². The molecule has 20 heavy (non-hydrogen) atoms. The summed E-state index contributed by atoms with van der Waals surface area (Å²) in [6.07, 6.45) is 4.62. The maximum atomic E-state index is 12.4. The molecule has 0 atom stereocenters. The first kappa shape index (κ1) is 13.3. The third-order valence-corrected chi connectivity index (χ3v) is 4.70. The van der Waals surface area contributed by atoms with Gasteiger partial charge in [0.05, 0.1) is 9.88 Å². The molecule has 0 spiro atoms. The summed E-state index contributed by atoms with van der Waals surface area (Å²) in [7, 11) is 0. The van der Waals surface area contributed by atoms with E-state index in [1.54, 1.807) is 11.3 Å². The van der Waals surface area contributed by atoms with E-state index in [4.69, 9.17) is 0 Å². The van der Waals surface area contributed by atoms with Crippen molar-refractivity contribution in [3.05, 3.63) is 41.0 Å². The molecule has 2 aromatic rings. The predicted molar refractivity (Wildman–Crippen MR) is 82.0 cm³/mol. The Bertz CT molecular complexity index is 600. The lowest BCUT2D eigenvalue weighted by Crippen LogP contribution is -2.33. The van der Waals surface area contributed by atoms with Crippen molar-refractivity contribution in [3.8, 4) is 10.4 Å². The monoisotopic (exact) mass is 286 g/mol. The first-order chi connectivity index (χ1) is 9.74. The SMILES string of the molecule is Cc1nc(C(=O)NC2CCCC2)c(-c2ccccc2)s1. The minimum absolute atomic E-state index is 0.0277. The van der Waals surface area contributed by atoms with Crippen molar-refractivity contribution in [2.24, 2.45) is 0 Å². The highest BCUT2D eigenvalue weighted by Crippen LogP contribution is 2.30. The van der Waals surface area contributed by atoms with Crippen LogP contribution in [0.3, 0.4) is 0 Å². The Labute approximate surface area is 123 Å². The molecule has 104 valence electrons. The Kier molecular flexibility index (Phi) is 3.83. The van der Waals surface area contributed by atoms with Crippen LogP contribution in [0.5, 0.6) is 0 Å². The van der Waals surface area contributed by atoms with E-state index in [-0.39, 0.29) is 5.91 Å². The van der Waals surface area contributed by atoms with E-state index in [1.165, 1.54) is 12.8 Å². The van der Waals surface area contributed by atoms with Crippen molar-refractivity contribution < 1.29 is 4.79 Å². The Morgan fingerprint density at radius 2 is 1.95 bits per heavy atom. The summed E-state index contributed by atoms with van der Waals surface area (Å²) in [4.78, 5) is 17.8. The van der Waals surface area contributed by atoms with Gasteiger partial charge >= 0.3 is 0 Å². The fourth-order valence-electron chi connectivity index (χ4n) is 2.69. The number of carbonyl (C=O) groups is 1. The van der Waals surface area contributed by atoms with Crippen molar-refractivity contribution in [1.82, 2.24) is 10.3 Å². The zero-order chi connectivity index (χ0) is 13.9. The van der Waals surface area contributed by atoms with Gasteiger partial charge in [-0.1, -0.05) is 43.2 Å². The van der Waals surface area contributed by atoms with Crippen molar-refractivity contribution >= 4 is 17.2 Å². The van der Waals surface area contributed by atoms with E-state index in [9.17, 15) is 4.79 Å². The Balaban J connectivity index is 1.87. The number of carbonyl (C=O) groups excluding carboxylic acids is 1. The molecule has 1 fully saturated rings. The average molecular weight is 286 g/mol. The van der Waals surface area contributed by atoms with Crippen molar-refractivity contribution in [2.45, 2.75) is 38.6 Å². The lowest BCUT2D eigenvalue weighted by Gasteiger charge is -2.11. The highest BCUT2D eigenvalue weighted by atomic mass is 32.1. The van der Waals surface area contributed by atoms with Gasteiger partial charge in [0.25, 0.3) is 5.91 Å². The second-order valence-electron chi connectivity index (χ2n) is 5.23. The van der Waals surface area contributed by atoms with Crippen LogP contribution in [0.15, 0.2) is 30.3 Å². The molecule has 0 unspecified atom stereocenters. The zero-order valence-corrected chi connectivity index (χ0v) is 12.4. The molecule has 1 amide bonds. The number of aryl methyl sites for hydroxylation is 1. The quantitative estimate of drug-likeness (QED) is 0.932. The van der Waals surface area contributed by atoms with Crippen molar-refractivity contribution in [3.63, 3.8) is 0 Å². The lowest BCUT2D eigenvalue weighted by atomic mass is 10.1. The number of rotatable bonds is 3. The highest BCUT2D eigenvalue weighted by Gasteiger charge is 2.22. The molecule has 0 saturated heterocycles. The predicted octanol–water partition coefficient (Wildman–Crippen LogP) is 3.79. The number of nitrogens with zero attached hydrogens (tertiary/aromatic N) is 1. The van der Waals surface area contributed by atoms with Gasteiger partial charge in [0.15, 0.2) is 0 Å². The van der Waals surface area contributed by atoms with Gasteiger partial charge in [0, 0.05) is 6.04 Å². The van der Waals surface area contributed by atoms with Gasteiger partial charge < -0.3 is 5.32 Å². The molecule has 1 saturated carbocycles. The molecule has 4 heteroatoms. The van der Waals surface area contributed by atoms with Crippen LogP contribution in [0.25, 0.3) is 10.4 Å². The number of hydrogen-bond donors (Lipinski definition) is 1. The van der Waals surface area contributed by atoms with E-state index in [2.05, 4.69) is 10.3 Å². The summed E-state index contributed by atoms with van der Waals surface area (Å²) in [5.74, 6) is -0.0277. The van der Waals surface area contributed by atoms with Gasteiger partial charge in [-0.15, -0.1) is 11.3 Å². The number of thiazole rings is 1. The molecule has 1 aromatic carbocycles.